The van der Waals surface area contributed by atoms with E-state index in [0.29, 0.717) is 11.3 Å². The Morgan fingerprint density at radius 1 is 1.15 bits per heavy atom. The van der Waals surface area contributed by atoms with Crippen LogP contribution in [0, 0.1) is 6.92 Å². The molecule has 2 aromatic rings. The number of nitrogens with zero attached hydrogens (tertiary/aromatic N) is 1. The fraction of sp³-hybridized carbons (Fsp3) is 0.263. The Kier molecular flexibility index (Phi) is 6.90. The van der Waals surface area contributed by atoms with Crippen LogP contribution in [0.25, 0.3) is 0 Å². The van der Waals surface area contributed by atoms with Gasteiger partial charge in [0.2, 0.25) is 0 Å². The second-order valence-corrected chi connectivity index (χ2v) is 6.33. The molecule has 27 heavy (non-hydrogen) atoms. The summed E-state index contributed by atoms with van der Waals surface area (Å²) < 4.78 is 5.12. The molecule has 0 aliphatic heterocycles. The first-order valence-corrected chi connectivity index (χ1v) is 8.65. The summed E-state index contributed by atoms with van der Waals surface area (Å²) in [5, 5.41) is 5.21. The third-order valence-corrected chi connectivity index (χ3v) is 3.96. The molecular weight excluding hydrogens is 370 g/mol. The Labute approximate surface area is 162 Å². The number of rotatable bonds is 6. The Morgan fingerprint density at radius 2 is 1.89 bits per heavy atom. The van der Waals surface area contributed by atoms with Crippen LogP contribution < -0.4 is 10.6 Å². The molecule has 142 valence electrons. The summed E-state index contributed by atoms with van der Waals surface area (Å²) in [6.45, 7) is 4.77. The fourth-order valence-electron chi connectivity index (χ4n) is 2.17. The number of hydrogen-bond donors (Lipinski definition) is 2. The Morgan fingerprint density at radius 3 is 2.56 bits per heavy atom. The molecule has 0 radical (unpaired) electrons. The smallest absolute Gasteiger partial charge is 0.329 e. The molecule has 2 atom stereocenters. The van der Waals surface area contributed by atoms with E-state index < -0.39 is 29.9 Å². The van der Waals surface area contributed by atoms with Gasteiger partial charge in [0.15, 0.2) is 11.3 Å². The van der Waals surface area contributed by atoms with Gasteiger partial charge in [-0.1, -0.05) is 29.3 Å². The molecule has 2 amide bonds. The van der Waals surface area contributed by atoms with E-state index in [9.17, 15) is 14.4 Å². The molecule has 1 aromatic carbocycles. The van der Waals surface area contributed by atoms with E-state index in [0.717, 1.165) is 5.56 Å². The van der Waals surface area contributed by atoms with Crippen molar-refractivity contribution in [2.75, 3.05) is 5.32 Å². The minimum atomic E-state index is -1.08. The highest BCUT2D eigenvalue weighted by Gasteiger charge is 2.24. The van der Waals surface area contributed by atoms with Crippen molar-refractivity contribution < 1.29 is 19.1 Å². The summed E-state index contributed by atoms with van der Waals surface area (Å²) in [5.41, 5.74) is 1.68. The van der Waals surface area contributed by atoms with Crippen molar-refractivity contribution in [1.29, 1.82) is 0 Å². The fourth-order valence-corrected chi connectivity index (χ4v) is 2.34. The lowest BCUT2D eigenvalue weighted by Crippen LogP contribution is -2.42. The highest BCUT2D eigenvalue weighted by Crippen LogP contribution is 2.17. The van der Waals surface area contributed by atoms with E-state index in [2.05, 4.69) is 15.6 Å². The average Bonchev–Trinajstić information content (AvgIpc) is 2.63. The van der Waals surface area contributed by atoms with Crippen LogP contribution in [0.5, 0.6) is 0 Å². The predicted octanol–water partition coefficient (Wildman–Crippen LogP) is 2.73. The van der Waals surface area contributed by atoms with Crippen molar-refractivity contribution in [2.24, 2.45) is 0 Å². The number of benzene rings is 1. The maximum absolute atomic E-state index is 12.2. The first kappa shape index (κ1) is 20.4. The minimum Gasteiger partial charge on any atom is -0.451 e. The number of halogens is 1. The topological polar surface area (TPSA) is 97.4 Å². The summed E-state index contributed by atoms with van der Waals surface area (Å²) in [7, 11) is 0. The number of aromatic nitrogens is 1. The number of carbonyl (C=O) groups excluding carboxylic acids is 3. The largest absolute Gasteiger partial charge is 0.451 e. The van der Waals surface area contributed by atoms with Crippen LogP contribution in [-0.2, 0) is 14.3 Å². The van der Waals surface area contributed by atoms with Gasteiger partial charge in [0.1, 0.15) is 6.04 Å². The molecule has 2 rings (SSSR count). The Hall–Kier alpha value is -2.93. The van der Waals surface area contributed by atoms with Gasteiger partial charge >= 0.3 is 5.97 Å². The van der Waals surface area contributed by atoms with Crippen molar-refractivity contribution in [2.45, 2.75) is 32.9 Å². The maximum Gasteiger partial charge on any atom is 0.329 e. The highest BCUT2D eigenvalue weighted by molar-refractivity contribution is 6.32. The predicted molar refractivity (Wildman–Crippen MR) is 102 cm³/mol. The van der Waals surface area contributed by atoms with E-state index in [1.54, 1.807) is 30.3 Å². The van der Waals surface area contributed by atoms with Gasteiger partial charge in [-0.25, -0.2) is 9.78 Å². The molecule has 0 unspecified atom stereocenters. The van der Waals surface area contributed by atoms with E-state index in [4.69, 9.17) is 16.3 Å². The number of nitrogens with one attached hydrogen (secondary N) is 2. The van der Waals surface area contributed by atoms with E-state index in [1.165, 1.54) is 20.0 Å². The summed E-state index contributed by atoms with van der Waals surface area (Å²) >= 11 is 5.87. The summed E-state index contributed by atoms with van der Waals surface area (Å²) in [6.07, 6.45) is 0.409. The molecule has 1 aromatic heterocycles. The average molecular weight is 390 g/mol. The van der Waals surface area contributed by atoms with Gasteiger partial charge in [0.25, 0.3) is 11.8 Å². The highest BCUT2D eigenvalue weighted by atomic mass is 35.5. The quantitative estimate of drug-likeness (QED) is 0.584. The van der Waals surface area contributed by atoms with Crippen LogP contribution in [0.2, 0.25) is 5.15 Å². The molecule has 8 heteroatoms. The molecule has 0 aliphatic carbocycles. The molecule has 1 heterocycles. The van der Waals surface area contributed by atoms with Gasteiger partial charge in [0, 0.05) is 11.8 Å². The van der Waals surface area contributed by atoms with E-state index in [-0.39, 0.29) is 5.15 Å². The number of esters is 1. The second-order valence-electron chi connectivity index (χ2n) is 5.97. The number of aryl methyl sites for hydroxylation is 1. The molecule has 7 nitrogen and oxygen atoms in total. The zero-order valence-corrected chi connectivity index (χ0v) is 15.9. The molecule has 2 N–H and O–H groups in total. The molecule has 0 saturated carbocycles. The van der Waals surface area contributed by atoms with E-state index in [1.807, 2.05) is 13.0 Å². The number of hydrogen-bond acceptors (Lipinski definition) is 5. The molecule has 0 bridgehead atoms. The summed E-state index contributed by atoms with van der Waals surface area (Å²) in [4.78, 5) is 40.3. The number of ether oxygens (including phenoxy) is 1. The van der Waals surface area contributed by atoms with Crippen molar-refractivity contribution in [3.63, 3.8) is 0 Å². The third kappa shape index (κ3) is 5.79. The van der Waals surface area contributed by atoms with Crippen LogP contribution in [0.15, 0.2) is 42.6 Å². The standard InChI is InChI=1S/C19H20ClN3O4/c1-11-6-4-7-14(10-11)18(25)22-12(2)19(26)27-13(3)17(24)23-15-8-5-9-21-16(15)20/h4-10,12-13H,1-3H3,(H,22,25)(H,23,24)/t12-,13+/m0/s1. The molecular formula is C19H20ClN3O4. The second kappa shape index (κ2) is 9.14. The number of carbonyl (C=O) groups is 3. The van der Waals surface area contributed by atoms with Gasteiger partial charge in [0.05, 0.1) is 5.69 Å². The van der Waals surface area contributed by atoms with Crippen LogP contribution in [0.3, 0.4) is 0 Å². The van der Waals surface area contributed by atoms with Gasteiger partial charge < -0.3 is 15.4 Å². The molecule has 0 saturated heterocycles. The number of amides is 2. The summed E-state index contributed by atoms with van der Waals surface area (Å²) in [6, 6.07) is 9.24. The molecule has 0 spiro atoms. The van der Waals surface area contributed by atoms with Crippen LogP contribution in [-0.4, -0.2) is 34.9 Å². The Bertz CT molecular complexity index is 856. The Balaban J connectivity index is 1.90. The van der Waals surface area contributed by atoms with Gasteiger partial charge in [-0.15, -0.1) is 0 Å². The monoisotopic (exact) mass is 389 g/mol. The maximum atomic E-state index is 12.2. The zero-order chi connectivity index (χ0) is 20.0. The van der Waals surface area contributed by atoms with Gasteiger partial charge in [-0.05, 0) is 45.0 Å². The van der Waals surface area contributed by atoms with Crippen LogP contribution in [0.1, 0.15) is 29.8 Å². The lowest BCUT2D eigenvalue weighted by atomic mass is 10.1. The van der Waals surface area contributed by atoms with Gasteiger partial charge in [-0.3, -0.25) is 9.59 Å². The SMILES string of the molecule is Cc1cccc(C(=O)N[C@@H](C)C(=O)O[C@H](C)C(=O)Nc2cccnc2Cl)c1. The van der Waals surface area contributed by atoms with Crippen LogP contribution in [0.4, 0.5) is 5.69 Å². The first-order valence-electron chi connectivity index (χ1n) is 8.27. The first-order chi connectivity index (χ1) is 12.8. The lowest BCUT2D eigenvalue weighted by molar-refractivity contribution is -0.154. The van der Waals surface area contributed by atoms with Crippen molar-refractivity contribution in [1.82, 2.24) is 10.3 Å². The zero-order valence-electron chi connectivity index (χ0n) is 15.2. The lowest BCUT2D eigenvalue weighted by Gasteiger charge is -2.18. The number of anilines is 1. The minimum absolute atomic E-state index is 0.128. The molecule has 0 fully saturated rings. The normalized spacial score (nSPS) is 12.6. The summed E-state index contributed by atoms with van der Waals surface area (Å²) in [5.74, 6) is -1.69. The van der Waals surface area contributed by atoms with Crippen molar-refractivity contribution >= 4 is 35.1 Å². The van der Waals surface area contributed by atoms with Gasteiger partial charge in [-0.2, -0.15) is 0 Å². The molecule has 0 aliphatic rings. The van der Waals surface area contributed by atoms with Crippen molar-refractivity contribution in [3.8, 4) is 0 Å². The third-order valence-electron chi connectivity index (χ3n) is 3.66. The van der Waals surface area contributed by atoms with E-state index >= 15 is 0 Å². The number of pyridine rings is 1. The van der Waals surface area contributed by atoms with Crippen LogP contribution >= 0.6 is 11.6 Å². The van der Waals surface area contributed by atoms with Crippen molar-refractivity contribution in [3.05, 3.63) is 58.9 Å².